The minimum absolute atomic E-state index is 0.212. The van der Waals surface area contributed by atoms with Gasteiger partial charge in [0.05, 0.1) is 18.2 Å². The lowest BCUT2D eigenvalue weighted by Crippen LogP contribution is -2.26. The highest BCUT2D eigenvalue weighted by atomic mass is 16.7. The van der Waals surface area contributed by atoms with Crippen LogP contribution < -0.4 is 9.47 Å². The first kappa shape index (κ1) is 14.8. The number of nitrogens with zero attached hydrogens (tertiary/aromatic N) is 2. The summed E-state index contributed by atoms with van der Waals surface area (Å²) in [6, 6.07) is 12.2. The Kier molecular flexibility index (Phi) is 3.31. The molecule has 0 unspecified atom stereocenters. The lowest BCUT2D eigenvalue weighted by Gasteiger charge is -2.18. The van der Waals surface area contributed by atoms with E-state index in [9.17, 15) is 4.79 Å². The second-order valence-electron chi connectivity index (χ2n) is 5.98. The summed E-state index contributed by atoms with van der Waals surface area (Å²) in [7, 11) is 0. The average Bonchev–Trinajstić information content (AvgIpc) is 3.47. The van der Waals surface area contributed by atoms with Crippen molar-refractivity contribution < 1.29 is 23.1 Å². The van der Waals surface area contributed by atoms with Gasteiger partial charge in [-0.05, 0) is 42.5 Å². The van der Waals surface area contributed by atoms with E-state index < -0.39 is 0 Å². The molecule has 5 rings (SSSR count). The average molecular weight is 350 g/mol. The summed E-state index contributed by atoms with van der Waals surface area (Å²) < 4.78 is 21.6. The molecule has 4 heterocycles. The number of hydrogen-bond donors (Lipinski definition) is 0. The van der Waals surface area contributed by atoms with Crippen molar-refractivity contribution in [1.29, 1.82) is 0 Å². The van der Waals surface area contributed by atoms with Gasteiger partial charge in [0.2, 0.25) is 6.79 Å². The third-order valence-corrected chi connectivity index (χ3v) is 4.43. The lowest BCUT2D eigenvalue weighted by molar-refractivity contribution is 0.0660. The van der Waals surface area contributed by atoms with E-state index in [-0.39, 0.29) is 24.5 Å². The summed E-state index contributed by atoms with van der Waals surface area (Å²) in [5, 5.41) is 5.98. The van der Waals surface area contributed by atoms with Gasteiger partial charge >= 0.3 is 5.91 Å². The number of furan rings is 2. The first-order chi connectivity index (χ1) is 12.8. The smallest absolute Gasteiger partial charge is 0.310 e. The normalized spacial score (nSPS) is 18.2. The van der Waals surface area contributed by atoms with Gasteiger partial charge in [0.25, 0.3) is 0 Å². The van der Waals surface area contributed by atoms with Crippen molar-refractivity contribution in [1.82, 2.24) is 5.01 Å². The quantitative estimate of drug-likeness (QED) is 0.721. The predicted molar refractivity (Wildman–Crippen MR) is 90.0 cm³/mol. The summed E-state index contributed by atoms with van der Waals surface area (Å²) in [5.74, 6) is 1.97. The van der Waals surface area contributed by atoms with E-state index in [1.807, 2.05) is 24.3 Å². The van der Waals surface area contributed by atoms with Crippen LogP contribution in [-0.2, 0) is 0 Å². The van der Waals surface area contributed by atoms with Crippen LogP contribution in [0.4, 0.5) is 0 Å². The summed E-state index contributed by atoms with van der Waals surface area (Å²) >= 11 is 0. The first-order valence-electron chi connectivity index (χ1n) is 8.17. The third-order valence-electron chi connectivity index (χ3n) is 4.43. The molecule has 0 aliphatic carbocycles. The molecule has 7 heteroatoms. The molecule has 0 saturated carbocycles. The Morgan fingerprint density at radius 1 is 1.04 bits per heavy atom. The van der Waals surface area contributed by atoms with Crippen molar-refractivity contribution in [2.24, 2.45) is 5.10 Å². The molecule has 2 aliphatic rings. The maximum absolute atomic E-state index is 12.8. The van der Waals surface area contributed by atoms with Gasteiger partial charge in [0.1, 0.15) is 11.8 Å². The number of hydrazone groups is 1. The fourth-order valence-corrected chi connectivity index (χ4v) is 3.16. The van der Waals surface area contributed by atoms with Gasteiger partial charge in [-0.1, -0.05) is 0 Å². The van der Waals surface area contributed by atoms with E-state index in [1.165, 1.54) is 11.3 Å². The number of carbonyl (C=O) groups is 1. The molecule has 3 aromatic rings. The van der Waals surface area contributed by atoms with E-state index in [0.29, 0.717) is 23.7 Å². The number of rotatable bonds is 3. The molecule has 0 spiro atoms. The highest BCUT2D eigenvalue weighted by Crippen LogP contribution is 2.37. The van der Waals surface area contributed by atoms with Crippen molar-refractivity contribution in [3.05, 3.63) is 72.1 Å². The summed E-state index contributed by atoms with van der Waals surface area (Å²) in [6.07, 6.45) is 3.58. The Morgan fingerprint density at radius 3 is 2.69 bits per heavy atom. The zero-order chi connectivity index (χ0) is 17.5. The van der Waals surface area contributed by atoms with Gasteiger partial charge in [-0.2, -0.15) is 5.10 Å². The number of carbonyl (C=O) groups excluding carboxylic acids is 1. The number of hydrogen-bond acceptors (Lipinski definition) is 6. The zero-order valence-corrected chi connectivity index (χ0v) is 13.6. The monoisotopic (exact) mass is 350 g/mol. The molecule has 1 aromatic carbocycles. The summed E-state index contributed by atoms with van der Waals surface area (Å²) in [4.78, 5) is 12.8. The topological polar surface area (TPSA) is 77.4 Å². The van der Waals surface area contributed by atoms with Gasteiger partial charge in [-0.3, -0.25) is 4.79 Å². The van der Waals surface area contributed by atoms with E-state index in [0.717, 1.165) is 11.3 Å². The Hall–Kier alpha value is -3.48. The number of amides is 1. The van der Waals surface area contributed by atoms with Crippen LogP contribution in [0.2, 0.25) is 0 Å². The van der Waals surface area contributed by atoms with Crippen molar-refractivity contribution in [2.45, 2.75) is 12.5 Å². The van der Waals surface area contributed by atoms with Gasteiger partial charge in [-0.25, -0.2) is 5.01 Å². The van der Waals surface area contributed by atoms with E-state index in [2.05, 4.69) is 5.10 Å². The van der Waals surface area contributed by atoms with E-state index >= 15 is 0 Å². The molecule has 0 fully saturated rings. The molecule has 1 atom stereocenters. The van der Waals surface area contributed by atoms with Crippen molar-refractivity contribution in [2.75, 3.05) is 6.79 Å². The molecule has 1 amide bonds. The van der Waals surface area contributed by atoms with Crippen LogP contribution in [0.3, 0.4) is 0 Å². The second kappa shape index (κ2) is 5.80. The fourth-order valence-electron chi connectivity index (χ4n) is 3.16. The van der Waals surface area contributed by atoms with Gasteiger partial charge in [-0.15, -0.1) is 0 Å². The summed E-state index contributed by atoms with van der Waals surface area (Å²) in [6.45, 7) is 0.212. The zero-order valence-electron chi connectivity index (χ0n) is 13.6. The number of fused-ring (bicyclic) bond motifs is 1. The van der Waals surface area contributed by atoms with Crippen molar-refractivity contribution >= 4 is 11.6 Å². The Bertz CT molecular complexity index is 976. The van der Waals surface area contributed by atoms with E-state index in [4.69, 9.17) is 18.3 Å². The standard InChI is InChI=1S/C19H14N2O5/c22-19(17-4-2-8-24-17)21-14(15-3-1-7-23-15)10-13(20-21)12-5-6-16-18(9-12)26-11-25-16/h1-9,14H,10-11H2/t14-/m1/s1. The Labute approximate surface area is 148 Å². The van der Waals surface area contributed by atoms with Crippen LogP contribution in [0.25, 0.3) is 0 Å². The third kappa shape index (κ3) is 2.36. The maximum Gasteiger partial charge on any atom is 0.310 e. The molecule has 2 aromatic heterocycles. The molecule has 7 nitrogen and oxygen atoms in total. The molecule has 0 bridgehead atoms. The molecule has 26 heavy (non-hydrogen) atoms. The predicted octanol–water partition coefficient (Wildman–Crippen LogP) is 3.59. The summed E-state index contributed by atoms with van der Waals surface area (Å²) in [5.41, 5.74) is 1.64. The number of benzene rings is 1. The fraction of sp³-hybridized carbons (Fsp3) is 0.158. The Balaban J connectivity index is 1.52. The molecule has 0 radical (unpaired) electrons. The molecule has 0 saturated heterocycles. The largest absolute Gasteiger partial charge is 0.467 e. The highest BCUT2D eigenvalue weighted by Gasteiger charge is 2.36. The van der Waals surface area contributed by atoms with Crippen LogP contribution >= 0.6 is 0 Å². The SMILES string of the molecule is O=C(c1ccco1)N1N=C(c2ccc3c(c2)OCO3)C[C@@H]1c1ccco1. The lowest BCUT2D eigenvalue weighted by atomic mass is 10.0. The Morgan fingerprint density at radius 2 is 1.88 bits per heavy atom. The molecular formula is C19H14N2O5. The molecule has 2 aliphatic heterocycles. The highest BCUT2D eigenvalue weighted by molar-refractivity contribution is 6.04. The van der Waals surface area contributed by atoms with Crippen LogP contribution in [-0.4, -0.2) is 23.4 Å². The van der Waals surface area contributed by atoms with Crippen LogP contribution in [0.5, 0.6) is 11.5 Å². The van der Waals surface area contributed by atoms with Crippen LogP contribution in [0.15, 0.2) is 68.9 Å². The molecule has 0 N–H and O–H groups in total. The minimum atomic E-state index is -0.331. The second-order valence-corrected chi connectivity index (χ2v) is 5.98. The van der Waals surface area contributed by atoms with Gasteiger partial charge in [0.15, 0.2) is 17.3 Å². The first-order valence-corrected chi connectivity index (χ1v) is 8.17. The van der Waals surface area contributed by atoms with E-state index in [1.54, 1.807) is 24.5 Å². The van der Waals surface area contributed by atoms with Gasteiger partial charge < -0.3 is 18.3 Å². The van der Waals surface area contributed by atoms with Crippen LogP contribution in [0, 0.1) is 0 Å². The van der Waals surface area contributed by atoms with Gasteiger partial charge in [0, 0.05) is 12.0 Å². The minimum Gasteiger partial charge on any atom is -0.467 e. The molecular weight excluding hydrogens is 336 g/mol. The van der Waals surface area contributed by atoms with Crippen molar-refractivity contribution in [3.63, 3.8) is 0 Å². The number of ether oxygens (including phenoxy) is 2. The maximum atomic E-state index is 12.8. The molecule has 130 valence electrons. The van der Waals surface area contributed by atoms with Crippen LogP contribution in [0.1, 0.15) is 34.3 Å². The van der Waals surface area contributed by atoms with Crippen molar-refractivity contribution in [3.8, 4) is 11.5 Å².